The fraction of sp³-hybridized carbons (Fsp3) is 0.364. The van der Waals surface area contributed by atoms with Gasteiger partial charge in [-0.3, -0.25) is 4.84 Å². The van der Waals surface area contributed by atoms with Crippen LogP contribution in [0.2, 0.25) is 0 Å². The van der Waals surface area contributed by atoms with Gasteiger partial charge in [-0.2, -0.15) is 14.9 Å². The molecule has 1 aliphatic heterocycles. The van der Waals surface area contributed by atoms with Gasteiger partial charge in [0.1, 0.15) is 11.6 Å². The van der Waals surface area contributed by atoms with Crippen molar-refractivity contribution in [2.75, 3.05) is 18.7 Å². The van der Waals surface area contributed by atoms with Gasteiger partial charge in [-0.1, -0.05) is 0 Å². The first-order valence-electron chi connectivity index (χ1n) is 5.35. The van der Waals surface area contributed by atoms with E-state index in [1.165, 1.54) is 6.20 Å². The molecule has 3 rings (SSSR count). The van der Waals surface area contributed by atoms with Crippen molar-refractivity contribution in [2.45, 2.75) is 13.3 Å². The zero-order valence-electron chi connectivity index (χ0n) is 9.64. The molecule has 3 heterocycles. The van der Waals surface area contributed by atoms with Gasteiger partial charge in [0.15, 0.2) is 11.5 Å². The molecule has 0 atom stereocenters. The third-order valence-electron chi connectivity index (χ3n) is 3.07. The van der Waals surface area contributed by atoms with Crippen LogP contribution < -0.4 is 5.06 Å². The summed E-state index contributed by atoms with van der Waals surface area (Å²) in [6.07, 6.45) is 2.42. The zero-order chi connectivity index (χ0) is 12.0. The normalized spacial score (nSPS) is 14.1. The molecule has 2 aromatic heterocycles. The largest absolute Gasteiger partial charge is 0.275 e. The number of hydrogen-bond donors (Lipinski definition) is 0. The van der Waals surface area contributed by atoms with Crippen LogP contribution in [0.4, 0.5) is 5.82 Å². The lowest BCUT2D eigenvalue weighted by atomic mass is 10.2. The van der Waals surface area contributed by atoms with Gasteiger partial charge in [0.05, 0.1) is 19.9 Å². The van der Waals surface area contributed by atoms with Gasteiger partial charge in [-0.05, 0) is 13.3 Å². The lowest BCUT2D eigenvalue weighted by Crippen LogP contribution is -2.20. The van der Waals surface area contributed by atoms with E-state index >= 15 is 0 Å². The Morgan fingerprint density at radius 3 is 3.06 bits per heavy atom. The molecule has 0 aliphatic carbocycles. The molecule has 6 heteroatoms. The van der Waals surface area contributed by atoms with Crippen molar-refractivity contribution in [3.05, 3.63) is 23.0 Å². The molecule has 0 radical (unpaired) electrons. The lowest BCUT2D eigenvalue weighted by Gasteiger charge is -2.16. The van der Waals surface area contributed by atoms with E-state index in [1.807, 2.05) is 6.92 Å². The van der Waals surface area contributed by atoms with Gasteiger partial charge >= 0.3 is 0 Å². The molecular formula is C11H11N5O. The highest BCUT2D eigenvalue weighted by molar-refractivity contribution is 5.63. The van der Waals surface area contributed by atoms with Crippen LogP contribution in [-0.4, -0.2) is 28.3 Å². The van der Waals surface area contributed by atoms with Crippen molar-refractivity contribution >= 4 is 11.5 Å². The Labute approximate surface area is 98.0 Å². The van der Waals surface area contributed by atoms with E-state index < -0.39 is 0 Å². The first-order chi connectivity index (χ1) is 8.26. The quantitative estimate of drug-likeness (QED) is 0.724. The van der Waals surface area contributed by atoms with E-state index in [-0.39, 0.29) is 0 Å². The summed E-state index contributed by atoms with van der Waals surface area (Å²) < 4.78 is 1.68. The number of hydrogen-bond acceptors (Lipinski definition) is 5. The summed E-state index contributed by atoms with van der Waals surface area (Å²) >= 11 is 0. The van der Waals surface area contributed by atoms with Crippen molar-refractivity contribution in [2.24, 2.45) is 0 Å². The topological polar surface area (TPSA) is 66.5 Å². The average Bonchev–Trinajstić information content (AvgIpc) is 2.91. The number of hydroxylamine groups is 1. The molecule has 0 unspecified atom stereocenters. The standard InChI is InChI=1S/C11H11N5O/c1-7-9-3-4-15(17-2)11(9)16-10(14-7)8(5-12)6-13-16/h6H,3-4H2,1-2H3. The van der Waals surface area contributed by atoms with E-state index in [9.17, 15) is 0 Å². The Morgan fingerprint density at radius 2 is 2.35 bits per heavy atom. The summed E-state index contributed by atoms with van der Waals surface area (Å²) in [6.45, 7) is 2.74. The smallest absolute Gasteiger partial charge is 0.175 e. The highest BCUT2D eigenvalue weighted by Gasteiger charge is 2.26. The van der Waals surface area contributed by atoms with E-state index in [0.29, 0.717) is 11.2 Å². The van der Waals surface area contributed by atoms with Crippen LogP contribution >= 0.6 is 0 Å². The van der Waals surface area contributed by atoms with Crippen LogP contribution in [0.5, 0.6) is 0 Å². The van der Waals surface area contributed by atoms with Crippen LogP contribution in [0.3, 0.4) is 0 Å². The second-order valence-corrected chi connectivity index (χ2v) is 3.94. The monoisotopic (exact) mass is 229 g/mol. The second kappa shape index (κ2) is 3.43. The van der Waals surface area contributed by atoms with E-state index in [0.717, 1.165) is 30.0 Å². The van der Waals surface area contributed by atoms with Crippen molar-refractivity contribution in [1.82, 2.24) is 14.6 Å². The summed E-state index contributed by atoms with van der Waals surface area (Å²) in [5.41, 5.74) is 3.14. The first-order valence-corrected chi connectivity index (χ1v) is 5.35. The molecule has 2 aromatic rings. The lowest BCUT2D eigenvalue weighted by molar-refractivity contribution is 0.170. The fourth-order valence-corrected chi connectivity index (χ4v) is 2.25. The van der Waals surface area contributed by atoms with Crippen molar-refractivity contribution in [3.8, 4) is 6.07 Å². The number of aryl methyl sites for hydroxylation is 1. The molecule has 0 saturated heterocycles. The van der Waals surface area contributed by atoms with Gasteiger partial charge in [-0.25, -0.2) is 10.0 Å². The Morgan fingerprint density at radius 1 is 1.53 bits per heavy atom. The Kier molecular flexibility index (Phi) is 2.03. The molecule has 0 spiro atoms. The number of nitriles is 1. The minimum absolute atomic E-state index is 0.485. The van der Waals surface area contributed by atoms with Crippen molar-refractivity contribution < 1.29 is 4.84 Å². The number of aromatic nitrogens is 3. The van der Waals surface area contributed by atoms with Crippen LogP contribution in [0, 0.1) is 18.3 Å². The minimum atomic E-state index is 0.485. The maximum atomic E-state index is 9.00. The molecular weight excluding hydrogens is 218 g/mol. The Hall–Kier alpha value is -2.13. The minimum Gasteiger partial charge on any atom is -0.275 e. The molecule has 1 aliphatic rings. The predicted octanol–water partition coefficient (Wildman–Crippen LogP) is 0.833. The number of rotatable bonds is 1. The van der Waals surface area contributed by atoms with Gasteiger partial charge in [-0.15, -0.1) is 0 Å². The van der Waals surface area contributed by atoms with Gasteiger partial charge in [0.25, 0.3) is 0 Å². The maximum absolute atomic E-state index is 9.00. The van der Waals surface area contributed by atoms with Crippen molar-refractivity contribution in [3.63, 3.8) is 0 Å². The number of nitrogens with zero attached hydrogens (tertiary/aromatic N) is 5. The molecule has 0 N–H and O–H groups in total. The zero-order valence-corrected chi connectivity index (χ0v) is 9.64. The Balaban J connectivity index is 2.38. The summed E-state index contributed by atoms with van der Waals surface area (Å²) in [5.74, 6) is 0.886. The summed E-state index contributed by atoms with van der Waals surface area (Å²) in [5, 5.41) is 15.0. The van der Waals surface area contributed by atoms with E-state index in [1.54, 1.807) is 16.7 Å². The molecule has 17 heavy (non-hydrogen) atoms. The maximum Gasteiger partial charge on any atom is 0.175 e. The molecule has 0 amide bonds. The van der Waals surface area contributed by atoms with Crippen LogP contribution in [0.15, 0.2) is 6.20 Å². The number of fused-ring (bicyclic) bond motifs is 3. The molecule has 0 fully saturated rings. The fourth-order valence-electron chi connectivity index (χ4n) is 2.25. The van der Waals surface area contributed by atoms with Gasteiger partial charge in [0.2, 0.25) is 0 Å². The molecule has 0 saturated carbocycles. The summed E-state index contributed by atoms with van der Waals surface area (Å²) in [4.78, 5) is 9.75. The highest BCUT2D eigenvalue weighted by Crippen LogP contribution is 2.30. The van der Waals surface area contributed by atoms with E-state index in [4.69, 9.17) is 10.1 Å². The third-order valence-corrected chi connectivity index (χ3v) is 3.07. The Bertz CT molecular complexity index is 639. The van der Waals surface area contributed by atoms with Gasteiger partial charge < -0.3 is 0 Å². The van der Waals surface area contributed by atoms with Crippen LogP contribution in [-0.2, 0) is 11.3 Å². The summed E-state index contributed by atoms with van der Waals surface area (Å²) in [7, 11) is 1.63. The summed E-state index contributed by atoms with van der Waals surface area (Å²) in [6, 6.07) is 2.10. The van der Waals surface area contributed by atoms with E-state index in [2.05, 4.69) is 16.2 Å². The predicted molar refractivity (Wildman–Crippen MR) is 60.5 cm³/mol. The molecule has 86 valence electrons. The second-order valence-electron chi connectivity index (χ2n) is 3.94. The van der Waals surface area contributed by atoms with Crippen LogP contribution in [0.1, 0.15) is 16.8 Å². The molecule has 6 nitrogen and oxygen atoms in total. The molecule has 0 bridgehead atoms. The average molecular weight is 229 g/mol. The number of anilines is 1. The SMILES string of the molecule is CON1CCc2c(C)nc3c(C#N)cnn3c21. The molecule has 0 aromatic carbocycles. The van der Waals surface area contributed by atoms with Gasteiger partial charge in [0, 0.05) is 11.3 Å². The third kappa shape index (κ3) is 1.23. The van der Waals surface area contributed by atoms with Crippen LogP contribution in [0.25, 0.3) is 5.65 Å². The van der Waals surface area contributed by atoms with Crippen molar-refractivity contribution in [1.29, 1.82) is 5.26 Å². The first kappa shape index (κ1) is 10.1. The highest BCUT2D eigenvalue weighted by atomic mass is 16.7.